The van der Waals surface area contributed by atoms with Crippen molar-refractivity contribution in [2.45, 2.75) is 10.6 Å². The molecular weight excluding hydrogens is 350 g/mol. The van der Waals surface area contributed by atoms with Gasteiger partial charge in [-0.25, -0.2) is 18.3 Å². The summed E-state index contributed by atoms with van der Waals surface area (Å²) in [6.45, 7) is 0. The molecule has 4 aromatic rings. The van der Waals surface area contributed by atoms with E-state index in [9.17, 15) is 13.6 Å². The lowest BCUT2D eigenvalue weighted by molar-refractivity contribution is 0.431. The number of fused-ring (bicyclic) bond motifs is 1. The Kier molecular flexibility index (Phi) is 3.85. The normalized spacial score (nSPS) is 11.3. The largest absolute Gasteiger partial charge is 0.355 e. The number of rotatable bonds is 4. The Morgan fingerprint density at radius 1 is 1.24 bits per heavy atom. The maximum atomic E-state index is 13.7. The van der Waals surface area contributed by atoms with Gasteiger partial charge in [-0.05, 0) is 12.1 Å². The molecule has 6 nitrogen and oxygen atoms in total. The minimum atomic E-state index is -0.907. The van der Waals surface area contributed by atoms with Crippen molar-refractivity contribution < 1.29 is 13.3 Å². The highest BCUT2D eigenvalue weighted by molar-refractivity contribution is 7.98. The van der Waals surface area contributed by atoms with E-state index in [4.69, 9.17) is 4.52 Å². The minimum absolute atomic E-state index is 0.165. The smallest absolute Gasteiger partial charge is 0.272 e. The molecule has 3 aromatic heterocycles. The third kappa shape index (κ3) is 2.93. The highest BCUT2D eigenvalue weighted by Crippen LogP contribution is 2.26. The van der Waals surface area contributed by atoms with Crippen LogP contribution in [0.15, 0.2) is 56.8 Å². The molecule has 0 spiro atoms. The number of aromatic amines is 1. The van der Waals surface area contributed by atoms with Crippen molar-refractivity contribution in [3.8, 4) is 11.5 Å². The van der Waals surface area contributed by atoms with Crippen LogP contribution in [0.1, 0.15) is 5.69 Å². The topological polar surface area (TPSA) is 76.2 Å². The Morgan fingerprint density at radius 2 is 2.12 bits per heavy atom. The number of benzene rings is 1. The summed E-state index contributed by atoms with van der Waals surface area (Å²) in [4.78, 5) is 16.7. The first-order chi connectivity index (χ1) is 12.1. The van der Waals surface area contributed by atoms with Crippen molar-refractivity contribution in [2.24, 2.45) is 0 Å². The van der Waals surface area contributed by atoms with Crippen LogP contribution in [-0.4, -0.2) is 19.8 Å². The molecule has 25 heavy (non-hydrogen) atoms. The molecule has 0 saturated heterocycles. The minimum Gasteiger partial charge on any atom is -0.355 e. The Balaban J connectivity index is 1.64. The molecule has 0 fully saturated rings. The van der Waals surface area contributed by atoms with Crippen LogP contribution >= 0.6 is 11.8 Å². The lowest BCUT2D eigenvalue weighted by atomic mass is 10.3. The number of H-pyrrole nitrogens is 1. The second-order valence-corrected chi connectivity index (χ2v) is 6.18. The maximum absolute atomic E-state index is 13.7. The van der Waals surface area contributed by atoms with Gasteiger partial charge in [0.1, 0.15) is 5.69 Å². The van der Waals surface area contributed by atoms with Gasteiger partial charge in [0, 0.05) is 28.8 Å². The summed E-state index contributed by atoms with van der Waals surface area (Å²) in [5.74, 6) is -1.10. The van der Waals surface area contributed by atoms with Gasteiger partial charge in [-0.3, -0.25) is 9.89 Å². The summed E-state index contributed by atoms with van der Waals surface area (Å²) < 4.78 is 33.2. The van der Waals surface area contributed by atoms with Crippen LogP contribution in [0, 0.1) is 11.6 Å². The van der Waals surface area contributed by atoms with Crippen LogP contribution in [0.4, 0.5) is 8.78 Å². The molecule has 9 heteroatoms. The molecule has 1 N–H and O–H groups in total. The molecule has 0 atom stereocenters. The predicted octanol–water partition coefficient (Wildman–Crippen LogP) is 3.25. The van der Waals surface area contributed by atoms with Crippen molar-refractivity contribution in [3.63, 3.8) is 0 Å². The number of nitrogens with zero attached hydrogens (tertiary/aromatic N) is 3. The van der Waals surface area contributed by atoms with Crippen molar-refractivity contribution in [1.82, 2.24) is 19.8 Å². The van der Waals surface area contributed by atoms with Gasteiger partial charge in [0.05, 0.1) is 11.9 Å². The van der Waals surface area contributed by atoms with Gasteiger partial charge in [-0.15, -0.1) is 11.8 Å². The summed E-state index contributed by atoms with van der Waals surface area (Å²) in [6.07, 6.45) is 1.49. The van der Waals surface area contributed by atoms with E-state index in [1.54, 1.807) is 12.1 Å². The highest BCUT2D eigenvalue weighted by Gasteiger charge is 2.12. The van der Waals surface area contributed by atoms with Crippen molar-refractivity contribution in [2.75, 3.05) is 0 Å². The standard InChI is InChI=1S/C16H10F2N4O2S/c17-10-2-1-3-13(16(10)18)25-8-9-6-15(23)22-14(20-9)7-11(21-22)12-4-5-19-24-12/h1-7,21H,8H2. The second kappa shape index (κ2) is 6.17. The Hall–Kier alpha value is -2.94. The summed E-state index contributed by atoms with van der Waals surface area (Å²) in [5, 5.41) is 6.49. The molecule has 0 radical (unpaired) electrons. The van der Waals surface area contributed by atoms with Crippen LogP contribution in [0.5, 0.6) is 0 Å². The van der Waals surface area contributed by atoms with E-state index in [0.717, 1.165) is 17.8 Å². The predicted molar refractivity (Wildman–Crippen MR) is 87.2 cm³/mol. The van der Waals surface area contributed by atoms with Crippen molar-refractivity contribution >= 4 is 17.4 Å². The van der Waals surface area contributed by atoms with Gasteiger partial charge in [-0.1, -0.05) is 11.2 Å². The van der Waals surface area contributed by atoms with Crippen LogP contribution in [0.2, 0.25) is 0 Å². The first-order valence-corrected chi connectivity index (χ1v) is 8.20. The second-order valence-electron chi connectivity index (χ2n) is 5.17. The number of aromatic nitrogens is 4. The van der Waals surface area contributed by atoms with Gasteiger partial charge in [-0.2, -0.15) is 0 Å². The van der Waals surface area contributed by atoms with Crippen LogP contribution < -0.4 is 5.56 Å². The molecule has 126 valence electrons. The molecular formula is C16H10F2N4O2S. The zero-order valence-corrected chi connectivity index (χ0v) is 13.4. The Morgan fingerprint density at radius 3 is 2.92 bits per heavy atom. The Labute approximate surface area is 143 Å². The molecule has 3 heterocycles. The molecule has 4 rings (SSSR count). The van der Waals surface area contributed by atoms with E-state index in [-0.39, 0.29) is 16.2 Å². The van der Waals surface area contributed by atoms with Crippen molar-refractivity contribution in [1.29, 1.82) is 0 Å². The zero-order valence-electron chi connectivity index (χ0n) is 12.6. The molecule has 0 unspecified atom stereocenters. The van der Waals surface area contributed by atoms with Gasteiger partial charge in [0.25, 0.3) is 5.56 Å². The molecule has 1 aromatic carbocycles. The third-order valence-electron chi connectivity index (χ3n) is 3.50. The molecule has 0 amide bonds. The summed E-state index contributed by atoms with van der Waals surface area (Å²) in [5.41, 5.74) is 1.10. The van der Waals surface area contributed by atoms with Gasteiger partial charge >= 0.3 is 0 Å². The lowest BCUT2D eigenvalue weighted by Gasteiger charge is -2.03. The van der Waals surface area contributed by atoms with E-state index in [1.807, 2.05) is 0 Å². The van der Waals surface area contributed by atoms with E-state index in [1.165, 1.54) is 28.9 Å². The molecule has 0 aliphatic carbocycles. The molecule has 0 bridgehead atoms. The first kappa shape index (κ1) is 15.6. The number of nitrogens with one attached hydrogen (secondary N) is 1. The fourth-order valence-electron chi connectivity index (χ4n) is 2.34. The average molecular weight is 360 g/mol. The summed E-state index contributed by atoms with van der Waals surface area (Å²) in [6, 6.07) is 8.62. The highest BCUT2D eigenvalue weighted by atomic mass is 32.2. The summed E-state index contributed by atoms with van der Waals surface area (Å²) in [7, 11) is 0. The maximum Gasteiger partial charge on any atom is 0.272 e. The van der Waals surface area contributed by atoms with Crippen LogP contribution in [-0.2, 0) is 5.75 Å². The Bertz CT molecular complexity index is 1110. The number of hydrogen-bond donors (Lipinski definition) is 1. The van der Waals surface area contributed by atoms with E-state index >= 15 is 0 Å². The lowest BCUT2D eigenvalue weighted by Crippen LogP contribution is -2.15. The van der Waals surface area contributed by atoms with E-state index < -0.39 is 11.6 Å². The average Bonchev–Trinajstić information content (AvgIpc) is 3.25. The summed E-state index contributed by atoms with van der Waals surface area (Å²) >= 11 is 1.07. The first-order valence-electron chi connectivity index (χ1n) is 7.21. The fourth-order valence-corrected chi connectivity index (χ4v) is 3.19. The monoisotopic (exact) mass is 360 g/mol. The molecule has 0 aliphatic rings. The third-order valence-corrected chi connectivity index (χ3v) is 4.56. The van der Waals surface area contributed by atoms with Crippen LogP contribution in [0.25, 0.3) is 17.1 Å². The van der Waals surface area contributed by atoms with Gasteiger partial charge in [0.15, 0.2) is 23.0 Å². The number of hydrogen-bond acceptors (Lipinski definition) is 5. The molecule has 0 saturated carbocycles. The van der Waals surface area contributed by atoms with Gasteiger partial charge < -0.3 is 4.52 Å². The van der Waals surface area contributed by atoms with Crippen LogP contribution in [0.3, 0.4) is 0 Å². The van der Waals surface area contributed by atoms with E-state index in [2.05, 4.69) is 15.2 Å². The van der Waals surface area contributed by atoms with Gasteiger partial charge in [0.2, 0.25) is 0 Å². The number of halogens is 2. The zero-order chi connectivity index (χ0) is 17.4. The molecule has 0 aliphatic heterocycles. The SMILES string of the molecule is O=c1cc(CSc2cccc(F)c2F)nc2cc(-c3ccno3)[nH]n12. The quantitative estimate of drug-likeness (QED) is 0.566. The number of thioether (sulfide) groups is 1. The van der Waals surface area contributed by atoms with E-state index in [0.29, 0.717) is 22.8 Å². The van der Waals surface area contributed by atoms with Crippen molar-refractivity contribution in [3.05, 3.63) is 70.3 Å². The fraction of sp³-hybridized carbons (Fsp3) is 0.0625.